The minimum atomic E-state index is -0.463. The largest absolute Gasteiger partial charge is 0.497 e. The maximum atomic E-state index is 11.5. The van der Waals surface area contributed by atoms with E-state index in [4.69, 9.17) is 9.15 Å². The Kier molecular flexibility index (Phi) is 3.13. The highest BCUT2D eigenvalue weighted by Gasteiger charge is 2.13. The molecule has 20 heavy (non-hydrogen) atoms. The van der Waals surface area contributed by atoms with Crippen LogP contribution in [0, 0.1) is 0 Å². The van der Waals surface area contributed by atoms with Gasteiger partial charge in [0.1, 0.15) is 5.75 Å². The number of aromatic amines is 1. The van der Waals surface area contributed by atoms with Crippen LogP contribution < -0.4 is 10.5 Å². The molecule has 0 saturated carbocycles. The lowest BCUT2D eigenvalue weighted by atomic mass is 10.1. The summed E-state index contributed by atoms with van der Waals surface area (Å²) in [6, 6.07) is 17.0. The van der Waals surface area contributed by atoms with Crippen molar-refractivity contribution in [3.05, 3.63) is 65.1 Å². The maximum absolute atomic E-state index is 11.5. The maximum Gasteiger partial charge on any atom is 0.417 e. The number of hydrogen-bond acceptors (Lipinski definition) is 3. The summed E-state index contributed by atoms with van der Waals surface area (Å²) in [5.74, 6) is 0.844. The summed E-state index contributed by atoms with van der Waals surface area (Å²) in [5, 5.41) is 0. The molecule has 0 aliphatic rings. The molecule has 0 unspecified atom stereocenters. The lowest BCUT2D eigenvalue weighted by Gasteiger charge is -2.03. The van der Waals surface area contributed by atoms with Crippen molar-refractivity contribution in [1.82, 2.24) is 4.98 Å². The fraction of sp³-hybridized carbons (Fsp3) is 0.0625. The summed E-state index contributed by atoms with van der Waals surface area (Å²) in [6.07, 6.45) is 0. The highest BCUT2D eigenvalue weighted by molar-refractivity contribution is 5.76. The van der Waals surface area contributed by atoms with Crippen LogP contribution in [-0.2, 0) is 0 Å². The molecule has 1 heterocycles. The first-order chi connectivity index (χ1) is 9.78. The Morgan fingerprint density at radius 2 is 1.65 bits per heavy atom. The van der Waals surface area contributed by atoms with Gasteiger partial charge in [-0.15, -0.1) is 0 Å². The molecule has 3 rings (SSSR count). The van der Waals surface area contributed by atoms with Crippen molar-refractivity contribution in [3.8, 4) is 28.3 Å². The van der Waals surface area contributed by atoms with Crippen molar-refractivity contribution in [2.24, 2.45) is 0 Å². The van der Waals surface area contributed by atoms with Gasteiger partial charge >= 0.3 is 5.76 Å². The molecule has 0 spiro atoms. The van der Waals surface area contributed by atoms with Crippen LogP contribution in [0.25, 0.3) is 22.6 Å². The lowest BCUT2D eigenvalue weighted by Crippen LogP contribution is -1.94. The molecule has 2 aromatic carbocycles. The summed E-state index contributed by atoms with van der Waals surface area (Å²) in [4.78, 5) is 14.3. The molecule has 3 aromatic rings. The molecule has 0 fully saturated rings. The zero-order chi connectivity index (χ0) is 13.9. The van der Waals surface area contributed by atoms with E-state index in [2.05, 4.69) is 4.98 Å². The first-order valence-corrected chi connectivity index (χ1v) is 6.21. The van der Waals surface area contributed by atoms with Crippen LogP contribution in [0.3, 0.4) is 0 Å². The van der Waals surface area contributed by atoms with E-state index >= 15 is 0 Å². The molecule has 0 aliphatic heterocycles. The van der Waals surface area contributed by atoms with Crippen molar-refractivity contribution < 1.29 is 9.15 Å². The van der Waals surface area contributed by atoms with E-state index in [1.807, 2.05) is 54.6 Å². The molecule has 100 valence electrons. The zero-order valence-electron chi connectivity index (χ0n) is 10.9. The number of hydrogen-bond donors (Lipinski definition) is 1. The Hall–Kier alpha value is -2.75. The molecule has 0 aliphatic carbocycles. The van der Waals surface area contributed by atoms with Crippen LogP contribution in [0.2, 0.25) is 0 Å². The van der Waals surface area contributed by atoms with Crippen LogP contribution >= 0.6 is 0 Å². The Balaban J connectivity index is 2.12. The first kappa shape index (κ1) is 12.3. The highest BCUT2D eigenvalue weighted by atomic mass is 16.5. The third-order valence-corrected chi connectivity index (χ3v) is 3.06. The first-order valence-electron chi connectivity index (χ1n) is 6.21. The van der Waals surface area contributed by atoms with E-state index in [9.17, 15) is 4.79 Å². The van der Waals surface area contributed by atoms with Crippen molar-refractivity contribution in [3.63, 3.8) is 0 Å². The van der Waals surface area contributed by atoms with Crippen LogP contribution in [-0.4, -0.2) is 12.1 Å². The average molecular weight is 267 g/mol. The summed E-state index contributed by atoms with van der Waals surface area (Å²) in [5.41, 5.74) is 2.40. The Labute approximate surface area is 115 Å². The third-order valence-electron chi connectivity index (χ3n) is 3.06. The van der Waals surface area contributed by atoms with E-state index in [-0.39, 0.29) is 0 Å². The molecule has 0 radical (unpaired) electrons. The SMILES string of the molecule is COc1ccc(-c2[nH]c(=O)oc2-c2ccccc2)cc1. The number of ether oxygens (including phenoxy) is 1. The Morgan fingerprint density at radius 3 is 2.30 bits per heavy atom. The van der Waals surface area contributed by atoms with Gasteiger partial charge in [0.25, 0.3) is 0 Å². The summed E-state index contributed by atoms with van der Waals surface area (Å²) < 4.78 is 10.4. The van der Waals surface area contributed by atoms with Gasteiger partial charge in [0.15, 0.2) is 5.76 Å². The van der Waals surface area contributed by atoms with Crippen LogP contribution in [0.5, 0.6) is 5.75 Å². The molecule has 1 aromatic heterocycles. The normalized spacial score (nSPS) is 10.4. The van der Waals surface area contributed by atoms with Gasteiger partial charge in [0, 0.05) is 11.1 Å². The quantitative estimate of drug-likeness (QED) is 0.792. The second-order valence-electron chi connectivity index (χ2n) is 4.31. The molecule has 1 N–H and O–H groups in total. The number of rotatable bonds is 3. The standard InChI is InChI=1S/C16H13NO3/c1-19-13-9-7-11(8-10-13)14-15(20-16(18)17-14)12-5-3-2-4-6-12/h2-10H,1H3,(H,17,18). The third kappa shape index (κ3) is 2.23. The van der Waals surface area contributed by atoms with E-state index in [1.165, 1.54) is 0 Å². The van der Waals surface area contributed by atoms with Gasteiger partial charge < -0.3 is 9.15 Å². The van der Waals surface area contributed by atoms with Gasteiger partial charge in [0.05, 0.1) is 12.8 Å². The number of aromatic nitrogens is 1. The van der Waals surface area contributed by atoms with Crippen molar-refractivity contribution in [2.45, 2.75) is 0 Å². The van der Waals surface area contributed by atoms with Crippen LogP contribution in [0.4, 0.5) is 0 Å². The van der Waals surface area contributed by atoms with E-state index in [0.29, 0.717) is 11.5 Å². The molecule has 4 nitrogen and oxygen atoms in total. The molecule has 0 atom stereocenters. The number of nitrogens with one attached hydrogen (secondary N) is 1. The Morgan fingerprint density at radius 1 is 0.950 bits per heavy atom. The highest BCUT2D eigenvalue weighted by Crippen LogP contribution is 2.30. The lowest BCUT2D eigenvalue weighted by molar-refractivity contribution is 0.415. The molecular weight excluding hydrogens is 254 g/mol. The van der Waals surface area contributed by atoms with Gasteiger partial charge in [-0.25, -0.2) is 4.79 Å². The summed E-state index contributed by atoms with van der Waals surface area (Å²) in [7, 11) is 1.62. The monoisotopic (exact) mass is 267 g/mol. The fourth-order valence-corrected chi connectivity index (χ4v) is 2.08. The molecule has 0 amide bonds. The van der Waals surface area contributed by atoms with Crippen molar-refractivity contribution in [1.29, 1.82) is 0 Å². The van der Waals surface area contributed by atoms with Gasteiger partial charge in [-0.2, -0.15) is 0 Å². The number of methoxy groups -OCH3 is 1. The average Bonchev–Trinajstić information content (AvgIpc) is 2.90. The van der Waals surface area contributed by atoms with Gasteiger partial charge in [0.2, 0.25) is 0 Å². The number of H-pyrrole nitrogens is 1. The van der Waals surface area contributed by atoms with E-state index in [0.717, 1.165) is 16.9 Å². The van der Waals surface area contributed by atoms with Crippen molar-refractivity contribution in [2.75, 3.05) is 7.11 Å². The second-order valence-corrected chi connectivity index (χ2v) is 4.31. The molecular formula is C16H13NO3. The summed E-state index contributed by atoms with van der Waals surface area (Å²) >= 11 is 0. The fourth-order valence-electron chi connectivity index (χ4n) is 2.08. The van der Waals surface area contributed by atoms with Crippen molar-refractivity contribution >= 4 is 0 Å². The molecule has 4 heteroatoms. The molecule has 0 bridgehead atoms. The molecule has 0 saturated heterocycles. The van der Waals surface area contributed by atoms with Crippen LogP contribution in [0.1, 0.15) is 0 Å². The topological polar surface area (TPSA) is 55.2 Å². The number of benzene rings is 2. The Bertz CT molecular complexity index is 754. The summed E-state index contributed by atoms with van der Waals surface area (Å²) in [6.45, 7) is 0. The second kappa shape index (κ2) is 5.09. The van der Waals surface area contributed by atoms with E-state index < -0.39 is 5.76 Å². The zero-order valence-corrected chi connectivity index (χ0v) is 10.9. The van der Waals surface area contributed by atoms with Gasteiger partial charge in [-0.05, 0) is 24.3 Å². The van der Waals surface area contributed by atoms with Gasteiger partial charge in [-0.1, -0.05) is 30.3 Å². The predicted molar refractivity (Wildman–Crippen MR) is 76.8 cm³/mol. The smallest absolute Gasteiger partial charge is 0.417 e. The van der Waals surface area contributed by atoms with Crippen LogP contribution in [0.15, 0.2) is 63.8 Å². The van der Waals surface area contributed by atoms with E-state index in [1.54, 1.807) is 7.11 Å². The van der Waals surface area contributed by atoms with Gasteiger partial charge in [-0.3, -0.25) is 4.98 Å². The minimum absolute atomic E-state index is 0.463. The predicted octanol–water partition coefficient (Wildman–Crippen LogP) is 3.31. The minimum Gasteiger partial charge on any atom is -0.497 e. The number of oxazole rings is 1.